The van der Waals surface area contributed by atoms with Crippen molar-refractivity contribution in [2.75, 3.05) is 5.33 Å². The van der Waals surface area contributed by atoms with Gasteiger partial charge in [-0.05, 0) is 38.0 Å². The van der Waals surface area contributed by atoms with Gasteiger partial charge in [-0.15, -0.1) is 0 Å². The largest absolute Gasteiger partial charge is 0.349 e. The first-order valence-corrected chi connectivity index (χ1v) is 6.11. The van der Waals surface area contributed by atoms with Crippen molar-refractivity contribution in [3.63, 3.8) is 0 Å². The van der Waals surface area contributed by atoms with Gasteiger partial charge in [-0.3, -0.25) is 4.79 Å². The zero-order valence-electron chi connectivity index (χ0n) is 9.30. The minimum Gasteiger partial charge on any atom is -0.349 e. The van der Waals surface area contributed by atoms with Gasteiger partial charge in [0.15, 0.2) is 0 Å². The summed E-state index contributed by atoms with van der Waals surface area (Å²) < 4.78 is 0. The van der Waals surface area contributed by atoms with Crippen LogP contribution in [0.3, 0.4) is 0 Å². The number of alkyl halides is 1. The second-order valence-electron chi connectivity index (χ2n) is 3.78. The number of halogens is 1. The predicted octanol–water partition coefficient (Wildman–Crippen LogP) is 2.82. The van der Waals surface area contributed by atoms with Crippen LogP contribution in [0.1, 0.15) is 28.4 Å². The molecular weight excluding hydrogens is 254 g/mol. The van der Waals surface area contributed by atoms with E-state index in [2.05, 4.69) is 21.2 Å². The number of aryl methyl sites for hydroxylation is 1. The third-order valence-corrected chi connectivity index (χ3v) is 3.43. The maximum absolute atomic E-state index is 11.9. The van der Waals surface area contributed by atoms with Crippen LogP contribution in [0.5, 0.6) is 0 Å². The smallest absolute Gasteiger partial charge is 0.251 e. The summed E-state index contributed by atoms with van der Waals surface area (Å²) in [4.78, 5) is 11.9. The molecule has 1 atom stereocenters. The maximum Gasteiger partial charge on any atom is 0.251 e. The van der Waals surface area contributed by atoms with Crippen LogP contribution < -0.4 is 5.32 Å². The minimum absolute atomic E-state index is 0.00292. The van der Waals surface area contributed by atoms with Crippen molar-refractivity contribution < 1.29 is 4.79 Å². The van der Waals surface area contributed by atoms with Crippen LogP contribution in [-0.2, 0) is 0 Å². The van der Waals surface area contributed by atoms with Crippen molar-refractivity contribution in [1.82, 2.24) is 5.32 Å². The Labute approximate surface area is 99.2 Å². The zero-order chi connectivity index (χ0) is 11.4. The van der Waals surface area contributed by atoms with Crippen molar-refractivity contribution in [2.24, 2.45) is 0 Å². The van der Waals surface area contributed by atoms with Crippen molar-refractivity contribution in [2.45, 2.75) is 26.8 Å². The number of amides is 1. The minimum atomic E-state index is 0.00292. The SMILES string of the molecule is Cc1cccc(C(=O)NC(C)CBr)c1C. The van der Waals surface area contributed by atoms with Crippen LogP contribution in [0.4, 0.5) is 0 Å². The molecule has 0 aliphatic carbocycles. The fraction of sp³-hybridized carbons (Fsp3) is 0.417. The molecule has 1 aromatic rings. The summed E-state index contributed by atoms with van der Waals surface area (Å²) in [5.74, 6) is 0.00292. The third-order valence-electron chi connectivity index (χ3n) is 2.46. The van der Waals surface area contributed by atoms with E-state index >= 15 is 0 Å². The van der Waals surface area contributed by atoms with Gasteiger partial charge in [0, 0.05) is 16.9 Å². The average molecular weight is 270 g/mol. The first kappa shape index (κ1) is 12.2. The van der Waals surface area contributed by atoms with Crippen molar-refractivity contribution in [1.29, 1.82) is 0 Å². The van der Waals surface area contributed by atoms with Gasteiger partial charge < -0.3 is 5.32 Å². The Hall–Kier alpha value is -0.830. The molecule has 0 bridgehead atoms. The lowest BCUT2D eigenvalue weighted by atomic mass is 10.0. The summed E-state index contributed by atoms with van der Waals surface area (Å²) in [5.41, 5.74) is 2.97. The van der Waals surface area contributed by atoms with E-state index < -0.39 is 0 Å². The monoisotopic (exact) mass is 269 g/mol. The van der Waals surface area contributed by atoms with Gasteiger partial charge in [-0.25, -0.2) is 0 Å². The Kier molecular flexibility index (Phi) is 4.33. The highest BCUT2D eigenvalue weighted by Gasteiger charge is 2.11. The summed E-state index contributed by atoms with van der Waals surface area (Å²) in [6.45, 7) is 5.96. The molecule has 0 aromatic heterocycles. The Morgan fingerprint density at radius 2 is 2.13 bits per heavy atom. The van der Waals surface area contributed by atoms with Gasteiger partial charge in [0.05, 0.1) is 0 Å². The summed E-state index contributed by atoms with van der Waals surface area (Å²) in [7, 11) is 0. The number of nitrogens with one attached hydrogen (secondary N) is 1. The van der Waals surface area contributed by atoms with Crippen LogP contribution in [-0.4, -0.2) is 17.3 Å². The predicted molar refractivity (Wildman–Crippen MR) is 66.6 cm³/mol. The zero-order valence-corrected chi connectivity index (χ0v) is 10.9. The van der Waals surface area contributed by atoms with E-state index in [4.69, 9.17) is 0 Å². The molecule has 1 N–H and O–H groups in total. The molecule has 0 spiro atoms. The van der Waals surface area contributed by atoms with Crippen molar-refractivity contribution in [3.8, 4) is 0 Å². The Morgan fingerprint density at radius 3 is 2.73 bits per heavy atom. The molecule has 0 fully saturated rings. The molecule has 3 heteroatoms. The van der Waals surface area contributed by atoms with Gasteiger partial charge in [0.2, 0.25) is 0 Å². The third kappa shape index (κ3) is 3.06. The quantitative estimate of drug-likeness (QED) is 0.841. The van der Waals surface area contributed by atoms with E-state index in [0.717, 1.165) is 22.0 Å². The van der Waals surface area contributed by atoms with Crippen molar-refractivity contribution >= 4 is 21.8 Å². The average Bonchev–Trinajstić information content (AvgIpc) is 2.21. The topological polar surface area (TPSA) is 29.1 Å². The van der Waals surface area contributed by atoms with E-state index in [9.17, 15) is 4.79 Å². The highest BCUT2D eigenvalue weighted by molar-refractivity contribution is 9.09. The van der Waals surface area contributed by atoms with E-state index in [0.29, 0.717) is 0 Å². The molecule has 0 saturated heterocycles. The second-order valence-corrected chi connectivity index (χ2v) is 4.42. The molecular formula is C12H16BrNO. The molecule has 0 aliphatic heterocycles. The molecule has 2 nitrogen and oxygen atoms in total. The van der Waals surface area contributed by atoms with Gasteiger partial charge >= 0.3 is 0 Å². The standard InChI is InChI=1S/C12H16BrNO/c1-8-5-4-6-11(10(8)3)12(15)14-9(2)7-13/h4-6,9H,7H2,1-3H3,(H,14,15). The molecule has 0 radical (unpaired) electrons. The Balaban J connectivity index is 2.87. The number of hydrogen-bond acceptors (Lipinski definition) is 1. The Morgan fingerprint density at radius 1 is 1.47 bits per heavy atom. The molecule has 15 heavy (non-hydrogen) atoms. The molecule has 1 aromatic carbocycles. The first-order chi connectivity index (χ1) is 7.06. The van der Waals surface area contributed by atoms with Crippen LogP contribution in [0.2, 0.25) is 0 Å². The van der Waals surface area contributed by atoms with E-state index in [1.807, 2.05) is 39.0 Å². The summed E-state index contributed by atoms with van der Waals surface area (Å²) in [6.07, 6.45) is 0. The lowest BCUT2D eigenvalue weighted by Gasteiger charge is -2.13. The van der Waals surface area contributed by atoms with Crippen LogP contribution in [0.25, 0.3) is 0 Å². The summed E-state index contributed by atoms with van der Waals surface area (Å²) >= 11 is 3.33. The van der Waals surface area contributed by atoms with Crippen molar-refractivity contribution in [3.05, 3.63) is 34.9 Å². The fourth-order valence-electron chi connectivity index (χ4n) is 1.34. The Bertz CT molecular complexity index is 363. The highest BCUT2D eigenvalue weighted by Crippen LogP contribution is 2.12. The summed E-state index contributed by atoms with van der Waals surface area (Å²) in [5, 5.41) is 3.70. The van der Waals surface area contributed by atoms with Gasteiger partial charge in [0.1, 0.15) is 0 Å². The highest BCUT2D eigenvalue weighted by atomic mass is 79.9. The lowest BCUT2D eigenvalue weighted by molar-refractivity contribution is 0.0943. The van der Waals surface area contributed by atoms with E-state index in [1.165, 1.54) is 0 Å². The van der Waals surface area contributed by atoms with Crippen LogP contribution in [0, 0.1) is 13.8 Å². The van der Waals surface area contributed by atoms with Gasteiger partial charge in [-0.1, -0.05) is 28.1 Å². The molecule has 1 unspecified atom stereocenters. The van der Waals surface area contributed by atoms with E-state index in [-0.39, 0.29) is 11.9 Å². The first-order valence-electron chi connectivity index (χ1n) is 4.99. The number of carbonyl (C=O) groups is 1. The molecule has 0 heterocycles. The number of hydrogen-bond donors (Lipinski definition) is 1. The van der Waals surface area contributed by atoms with E-state index in [1.54, 1.807) is 0 Å². The molecule has 1 amide bonds. The maximum atomic E-state index is 11.9. The van der Waals surface area contributed by atoms with Crippen LogP contribution >= 0.6 is 15.9 Å². The fourth-order valence-corrected chi connectivity index (χ4v) is 1.50. The number of rotatable bonds is 3. The van der Waals surface area contributed by atoms with Gasteiger partial charge in [-0.2, -0.15) is 0 Å². The summed E-state index contributed by atoms with van der Waals surface area (Å²) in [6, 6.07) is 5.94. The van der Waals surface area contributed by atoms with Crippen LogP contribution in [0.15, 0.2) is 18.2 Å². The molecule has 0 aliphatic rings. The van der Waals surface area contributed by atoms with Gasteiger partial charge in [0.25, 0.3) is 5.91 Å². The number of carbonyl (C=O) groups excluding carboxylic acids is 1. The normalized spacial score (nSPS) is 12.3. The molecule has 82 valence electrons. The molecule has 0 saturated carbocycles. The lowest BCUT2D eigenvalue weighted by Crippen LogP contribution is -2.34. The second kappa shape index (κ2) is 5.31. The number of benzene rings is 1. The molecule has 1 rings (SSSR count).